The molecule has 0 saturated heterocycles. The summed E-state index contributed by atoms with van der Waals surface area (Å²) in [6, 6.07) is 19.0. The number of amides is 1. The van der Waals surface area contributed by atoms with Gasteiger partial charge in [0, 0.05) is 0 Å². The molecule has 32 heavy (non-hydrogen) atoms. The number of rotatable bonds is 7. The van der Waals surface area contributed by atoms with Crippen LogP contribution < -0.4 is 14.8 Å². The molecule has 0 fully saturated rings. The summed E-state index contributed by atoms with van der Waals surface area (Å²) in [7, 11) is 1.50. The maximum absolute atomic E-state index is 13.8. The molecular weight excluding hydrogens is 475 g/mol. The SMILES string of the molecule is COc1cc(/C=C(/C#N)C(=O)Nc2ccccc2F)cc(Br)c1OCc1ccc(C)cc1. The lowest BCUT2D eigenvalue weighted by Crippen LogP contribution is -2.14. The van der Waals surface area contributed by atoms with Crippen molar-refractivity contribution in [1.29, 1.82) is 5.26 Å². The molecule has 0 aliphatic rings. The predicted octanol–water partition coefficient (Wildman–Crippen LogP) is 6.03. The monoisotopic (exact) mass is 494 g/mol. The van der Waals surface area contributed by atoms with Crippen molar-refractivity contribution in [1.82, 2.24) is 0 Å². The number of nitrogens with zero attached hydrogens (tertiary/aromatic N) is 1. The Kier molecular flexibility index (Phi) is 7.63. The van der Waals surface area contributed by atoms with Crippen LogP contribution >= 0.6 is 15.9 Å². The van der Waals surface area contributed by atoms with E-state index in [0.717, 1.165) is 11.1 Å². The van der Waals surface area contributed by atoms with Crippen molar-refractivity contribution in [3.63, 3.8) is 0 Å². The number of hydrogen-bond donors (Lipinski definition) is 1. The Labute approximate surface area is 194 Å². The van der Waals surface area contributed by atoms with Gasteiger partial charge in [0.2, 0.25) is 0 Å². The minimum absolute atomic E-state index is 0.00253. The molecule has 162 valence electrons. The molecule has 0 aliphatic carbocycles. The van der Waals surface area contributed by atoms with Crippen LogP contribution in [0.25, 0.3) is 6.08 Å². The minimum Gasteiger partial charge on any atom is -0.493 e. The van der Waals surface area contributed by atoms with E-state index < -0.39 is 11.7 Å². The molecule has 0 spiro atoms. The molecule has 1 N–H and O–H groups in total. The van der Waals surface area contributed by atoms with Gasteiger partial charge in [0.05, 0.1) is 17.3 Å². The summed E-state index contributed by atoms with van der Waals surface area (Å²) in [6.07, 6.45) is 1.40. The number of halogens is 2. The van der Waals surface area contributed by atoms with Gasteiger partial charge in [-0.25, -0.2) is 4.39 Å². The lowest BCUT2D eigenvalue weighted by atomic mass is 10.1. The predicted molar refractivity (Wildman–Crippen MR) is 125 cm³/mol. The van der Waals surface area contributed by atoms with E-state index in [-0.39, 0.29) is 11.3 Å². The molecule has 7 heteroatoms. The fourth-order valence-corrected chi connectivity index (χ4v) is 3.44. The average Bonchev–Trinajstić information content (AvgIpc) is 2.79. The number of methoxy groups -OCH3 is 1. The first kappa shape index (κ1) is 23.0. The molecule has 0 atom stereocenters. The summed E-state index contributed by atoms with van der Waals surface area (Å²) in [5.41, 5.74) is 2.52. The maximum Gasteiger partial charge on any atom is 0.266 e. The molecule has 0 saturated carbocycles. The Hall–Kier alpha value is -3.63. The molecule has 3 aromatic carbocycles. The smallest absolute Gasteiger partial charge is 0.266 e. The van der Waals surface area contributed by atoms with E-state index in [2.05, 4.69) is 21.2 Å². The van der Waals surface area contributed by atoms with Gasteiger partial charge in [0.15, 0.2) is 11.5 Å². The fourth-order valence-electron chi connectivity index (χ4n) is 2.87. The Bertz CT molecular complexity index is 1200. The number of carbonyl (C=O) groups excluding carboxylic acids is 1. The molecule has 0 unspecified atom stereocenters. The zero-order valence-electron chi connectivity index (χ0n) is 17.5. The second-order valence-corrected chi connectivity index (χ2v) is 7.77. The highest BCUT2D eigenvalue weighted by Crippen LogP contribution is 2.37. The van der Waals surface area contributed by atoms with E-state index in [9.17, 15) is 14.4 Å². The highest BCUT2D eigenvalue weighted by Gasteiger charge is 2.15. The number of benzene rings is 3. The molecule has 5 nitrogen and oxygen atoms in total. The number of aryl methyl sites for hydroxylation is 1. The Balaban J connectivity index is 1.82. The van der Waals surface area contributed by atoms with Gasteiger partial charge in [-0.3, -0.25) is 4.79 Å². The van der Waals surface area contributed by atoms with Crippen molar-refractivity contribution < 1.29 is 18.7 Å². The number of nitrogens with one attached hydrogen (secondary N) is 1. The van der Waals surface area contributed by atoms with Crippen molar-refractivity contribution in [3.8, 4) is 17.6 Å². The number of carbonyl (C=O) groups is 1. The average molecular weight is 495 g/mol. The Morgan fingerprint density at radius 1 is 1.19 bits per heavy atom. The van der Waals surface area contributed by atoms with Gasteiger partial charge >= 0.3 is 0 Å². The molecule has 0 aliphatic heterocycles. The van der Waals surface area contributed by atoms with Gasteiger partial charge < -0.3 is 14.8 Å². The lowest BCUT2D eigenvalue weighted by Gasteiger charge is -2.14. The summed E-state index contributed by atoms with van der Waals surface area (Å²) < 4.78 is 25.8. The summed E-state index contributed by atoms with van der Waals surface area (Å²) in [5, 5.41) is 11.9. The van der Waals surface area contributed by atoms with E-state index in [1.807, 2.05) is 37.3 Å². The van der Waals surface area contributed by atoms with Crippen molar-refractivity contribution in [3.05, 3.63) is 93.2 Å². The summed E-state index contributed by atoms with van der Waals surface area (Å²) in [4.78, 5) is 12.5. The van der Waals surface area contributed by atoms with Gasteiger partial charge in [0.1, 0.15) is 24.1 Å². The van der Waals surface area contributed by atoms with E-state index in [1.165, 1.54) is 31.4 Å². The molecule has 1 amide bonds. The molecule has 0 heterocycles. The van der Waals surface area contributed by atoms with Crippen molar-refractivity contribution in [2.24, 2.45) is 0 Å². The van der Waals surface area contributed by atoms with Crippen LogP contribution in [0.5, 0.6) is 11.5 Å². The highest BCUT2D eigenvalue weighted by molar-refractivity contribution is 9.10. The zero-order chi connectivity index (χ0) is 23.1. The van der Waals surface area contributed by atoms with Crippen molar-refractivity contribution in [2.45, 2.75) is 13.5 Å². The Morgan fingerprint density at radius 2 is 1.91 bits per heavy atom. The van der Waals surface area contributed by atoms with Crippen LogP contribution in [0, 0.1) is 24.1 Å². The van der Waals surface area contributed by atoms with Crippen LogP contribution in [0.2, 0.25) is 0 Å². The first-order chi connectivity index (χ1) is 15.4. The zero-order valence-corrected chi connectivity index (χ0v) is 19.1. The van der Waals surface area contributed by atoms with Gasteiger partial charge in [0.25, 0.3) is 5.91 Å². The topological polar surface area (TPSA) is 71.3 Å². The molecule has 0 bridgehead atoms. The normalized spacial score (nSPS) is 10.9. The third kappa shape index (κ3) is 5.74. The molecule has 0 radical (unpaired) electrons. The van der Waals surface area contributed by atoms with Crippen LogP contribution in [0.3, 0.4) is 0 Å². The highest BCUT2D eigenvalue weighted by atomic mass is 79.9. The van der Waals surface area contributed by atoms with Crippen LogP contribution in [0.4, 0.5) is 10.1 Å². The van der Waals surface area contributed by atoms with Crippen LogP contribution in [-0.2, 0) is 11.4 Å². The number of anilines is 1. The van der Waals surface area contributed by atoms with E-state index in [1.54, 1.807) is 18.2 Å². The number of hydrogen-bond acceptors (Lipinski definition) is 4. The van der Waals surface area contributed by atoms with Crippen LogP contribution in [0.1, 0.15) is 16.7 Å². The van der Waals surface area contributed by atoms with Gasteiger partial charge in [-0.1, -0.05) is 42.0 Å². The minimum atomic E-state index is -0.715. The van der Waals surface area contributed by atoms with Gasteiger partial charge in [-0.2, -0.15) is 5.26 Å². The van der Waals surface area contributed by atoms with Crippen molar-refractivity contribution >= 4 is 33.6 Å². The second-order valence-electron chi connectivity index (χ2n) is 6.91. The number of para-hydroxylation sites is 1. The standard InChI is InChI=1S/C25H20BrFN2O3/c1-16-7-9-17(10-8-16)15-32-24-20(26)12-18(13-23(24)31-2)11-19(14-28)25(30)29-22-6-4-3-5-21(22)27/h3-13H,15H2,1-2H3,(H,29,30)/b19-11-. The quantitative estimate of drug-likeness (QED) is 0.321. The molecule has 0 aromatic heterocycles. The fraction of sp³-hybridized carbons (Fsp3) is 0.120. The number of nitriles is 1. The van der Waals surface area contributed by atoms with E-state index in [4.69, 9.17) is 9.47 Å². The summed E-state index contributed by atoms with van der Waals surface area (Å²) in [5.74, 6) is -0.367. The van der Waals surface area contributed by atoms with E-state index in [0.29, 0.717) is 28.1 Å². The first-order valence-corrected chi connectivity index (χ1v) is 10.4. The van der Waals surface area contributed by atoms with E-state index >= 15 is 0 Å². The van der Waals surface area contributed by atoms with Crippen molar-refractivity contribution in [2.75, 3.05) is 12.4 Å². The van der Waals surface area contributed by atoms with Gasteiger partial charge in [-0.15, -0.1) is 0 Å². The Morgan fingerprint density at radius 3 is 2.56 bits per heavy atom. The third-order valence-electron chi connectivity index (χ3n) is 4.55. The largest absolute Gasteiger partial charge is 0.493 e. The first-order valence-electron chi connectivity index (χ1n) is 9.65. The molecular formula is C25H20BrFN2O3. The second kappa shape index (κ2) is 10.6. The van der Waals surface area contributed by atoms with Gasteiger partial charge in [-0.05, 0) is 64.3 Å². The third-order valence-corrected chi connectivity index (χ3v) is 5.14. The maximum atomic E-state index is 13.8. The molecule has 3 aromatic rings. The number of ether oxygens (including phenoxy) is 2. The summed E-state index contributed by atoms with van der Waals surface area (Å²) >= 11 is 3.47. The van der Waals surface area contributed by atoms with Crippen LogP contribution in [-0.4, -0.2) is 13.0 Å². The van der Waals surface area contributed by atoms with Crippen LogP contribution in [0.15, 0.2) is 70.7 Å². The molecule has 3 rings (SSSR count). The lowest BCUT2D eigenvalue weighted by molar-refractivity contribution is -0.112. The summed E-state index contributed by atoms with van der Waals surface area (Å²) in [6.45, 7) is 2.36.